The summed E-state index contributed by atoms with van der Waals surface area (Å²) in [4.78, 5) is 1.10. The van der Waals surface area contributed by atoms with Gasteiger partial charge in [0.1, 0.15) is 0 Å². The fourth-order valence-corrected chi connectivity index (χ4v) is 2.76. The van der Waals surface area contributed by atoms with Crippen molar-refractivity contribution in [2.24, 2.45) is 0 Å². The topological polar surface area (TPSA) is 46.2 Å². The van der Waals surface area contributed by atoms with E-state index < -0.39 is 10.0 Å². The number of sulfonamides is 1. The zero-order chi connectivity index (χ0) is 12.0. The van der Waals surface area contributed by atoms with Crippen LogP contribution in [0.1, 0.15) is 6.42 Å². The first kappa shape index (κ1) is 13.8. The Morgan fingerprint density at radius 3 is 2.81 bits per heavy atom. The van der Waals surface area contributed by atoms with E-state index >= 15 is 0 Å². The fourth-order valence-electron chi connectivity index (χ4n) is 1.08. The first-order valence-corrected chi connectivity index (χ1v) is 8.06. The maximum Gasteiger partial charge on any atom is 0.208 e. The number of benzene rings is 1. The molecule has 0 heterocycles. The minimum Gasteiger partial charge on any atom is -0.215 e. The first-order chi connectivity index (χ1) is 7.47. The Kier molecular flexibility index (Phi) is 5.61. The third kappa shape index (κ3) is 6.37. The molecule has 1 N–H and O–H groups in total. The molecule has 0 aliphatic heterocycles. The molecule has 0 radical (unpaired) electrons. The van der Waals surface area contributed by atoms with Crippen LogP contribution in [0.3, 0.4) is 0 Å². The van der Waals surface area contributed by atoms with Crippen molar-refractivity contribution in [1.29, 1.82) is 0 Å². The molecule has 6 heteroatoms. The van der Waals surface area contributed by atoms with E-state index in [-0.39, 0.29) is 0 Å². The van der Waals surface area contributed by atoms with Crippen LogP contribution >= 0.6 is 23.4 Å². The summed E-state index contributed by atoms with van der Waals surface area (Å²) < 4.78 is 24.0. The number of hydrogen-bond acceptors (Lipinski definition) is 3. The molecule has 0 amide bonds. The smallest absolute Gasteiger partial charge is 0.208 e. The van der Waals surface area contributed by atoms with Crippen molar-refractivity contribution < 1.29 is 8.42 Å². The summed E-state index contributed by atoms with van der Waals surface area (Å²) in [6, 6.07) is 7.62. The molecule has 1 rings (SSSR count). The maximum atomic E-state index is 10.8. The lowest BCUT2D eigenvalue weighted by Gasteiger charge is -2.03. The van der Waals surface area contributed by atoms with E-state index in [4.69, 9.17) is 11.6 Å². The predicted molar refractivity (Wildman–Crippen MR) is 69.6 cm³/mol. The molecule has 1 aromatic rings. The van der Waals surface area contributed by atoms with Gasteiger partial charge in [-0.2, -0.15) is 0 Å². The van der Waals surface area contributed by atoms with Gasteiger partial charge in [0.2, 0.25) is 10.0 Å². The van der Waals surface area contributed by atoms with E-state index in [9.17, 15) is 8.42 Å². The number of halogens is 1. The summed E-state index contributed by atoms with van der Waals surface area (Å²) in [5.74, 6) is 0.864. The van der Waals surface area contributed by atoms with E-state index in [1.54, 1.807) is 11.8 Å². The highest BCUT2D eigenvalue weighted by Gasteiger charge is 1.99. The van der Waals surface area contributed by atoms with Gasteiger partial charge in [-0.25, -0.2) is 13.1 Å². The molecule has 0 aliphatic carbocycles. The van der Waals surface area contributed by atoms with Crippen LogP contribution in [0.5, 0.6) is 0 Å². The Balaban J connectivity index is 2.21. The van der Waals surface area contributed by atoms with Crippen molar-refractivity contribution in [1.82, 2.24) is 4.72 Å². The number of rotatable bonds is 6. The Hall–Kier alpha value is -0.230. The van der Waals surface area contributed by atoms with E-state index in [2.05, 4.69) is 4.72 Å². The summed E-state index contributed by atoms with van der Waals surface area (Å²) >= 11 is 7.51. The second-order valence-electron chi connectivity index (χ2n) is 3.33. The molecular formula is C10H14ClNO2S2. The zero-order valence-electron chi connectivity index (χ0n) is 8.94. The molecule has 0 spiro atoms. The molecule has 0 aromatic heterocycles. The van der Waals surface area contributed by atoms with E-state index in [0.717, 1.165) is 28.3 Å². The van der Waals surface area contributed by atoms with Crippen LogP contribution in [-0.4, -0.2) is 27.0 Å². The second-order valence-corrected chi connectivity index (χ2v) is 6.76. The second kappa shape index (κ2) is 6.49. The van der Waals surface area contributed by atoms with Crippen molar-refractivity contribution in [3.63, 3.8) is 0 Å². The molecule has 0 unspecified atom stereocenters. The van der Waals surface area contributed by atoms with Crippen molar-refractivity contribution in [3.8, 4) is 0 Å². The molecular weight excluding hydrogens is 266 g/mol. The highest BCUT2D eigenvalue weighted by molar-refractivity contribution is 7.99. The Bertz CT molecular complexity index is 434. The first-order valence-electron chi connectivity index (χ1n) is 4.80. The van der Waals surface area contributed by atoms with Crippen LogP contribution in [-0.2, 0) is 10.0 Å². The van der Waals surface area contributed by atoms with Gasteiger partial charge in [0, 0.05) is 16.5 Å². The van der Waals surface area contributed by atoms with Crippen molar-refractivity contribution in [2.75, 3.05) is 18.6 Å². The molecule has 0 fully saturated rings. The largest absolute Gasteiger partial charge is 0.215 e. The monoisotopic (exact) mass is 279 g/mol. The molecule has 16 heavy (non-hydrogen) atoms. The molecule has 3 nitrogen and oxygen atoms in total. The fraction of sp³-hybridized carbons (Fsp3) is 0.400. The van der Waals surface area contributed by atoms with Gasteiger partial charge in [-0.15, -0.1) is 11.8 Å². The molecule has 0 atom stereocenters. The van der Waals surface area contributed by atoms with Gasteiger partial charge in [-0.3, -0.25) is 0 Å². The standard InChI is InChI=1S/C10H14ClNO2S2/c1-16(13,14)12-6-3-7-15-10-5-2-4-9(11)8-10/h2,4-5,8,12H,3,6-7H2,1H3. The third-order valence-corrected chi connectivity index (χ3v) is 3.79. The zero-order valence-corrected chi connectivity index (χ0v) is 11.3. The number of hydrogen-bond donors (Lipinski definition) is 1. The average molecular weight is 280 g/mol. The van der Waals surface area contributed by atoms with Crippen LogP contribution < -0.4 is 4.72 Å². The lowest BCUT2D eigenvalue weighted by Crippen LogP contribution is -2.23. The summed E-state index contributed by atoms with van der Waals surface area (Å²) in [5, 5.41) is 0.722. The summed E-state index contributed by atoms with van der Waals surface area (Å²) in [6.07, 6.45) is 1.96. The van der Waals surface area contributed by atoms with E-state index in [0.29, 0.717) is 6.54 Å². The third-order valence-electron chi connectivity index (χ3n) is 1.75. The summed E-state index contributed by atoms with van der Waals surface area (Å²) in [7, 11) is -3.06. The lowest BCUT2D eigenvalue weighted by molar-refractivity contribution is 0.587. The van der Waals surface area contributed by atoms with Crippen molar-refractivity contribution in [2.45, 2.75) is 11.3 Å². The molecule has 0 bridgehead atoms. The van der Waals surface area contributed by atoms with Crippen LogP contribution in [0.4, 0.5) is 0 Å². The van der Waals surface area contributed by atoms with Crippen LogP contribution in [0.15, 0.2) is 29.2 Å². The van der Waals surface area contributed by atoms with Gasteiger partial charge in [-0.1, -0.05) is 17.7 Å². The van der Waals surface area contributed by atoms with Gasteiger partial charge in [0.15, 0.2) is 0 Å². The van der Waals surface area contributed by atoms with Crippen molar-refractivity contribution >= 4 is 33.4 Å². The SMILES string of the molecule is CS(=O)(=O)NCCCSc1cccc(Cl)c1. The highest BCUT2D eigenvalue weighted by Crippen LogP contribution is 2.21. The minimum absolute atomic E-state index is 0.479. The lowest BCUT2D eigenvalue weighted by atomic mass is 10.4. The van der Waals surface area contributed by atoms with Crippen LogP contribution in [0.25, 0.3) is 0 Å². The average Bonchev–Trinajstić information content (AvgIpc) is 2.15. The molecule has 0 saturated carbocycles. The van der Waals surface area contributed by atoms with Crippen LogP contribution in [0.2, 0.25) is 5.02 Å². The molecule has 90 valence electrons. The molecule has 0 saturated heterocycles. The van der Waals surface area contributed by atoms with E-state index in [1.807, 2.05) is 24.3 Å². The Morgan fingerprint density at radius 1 is 1.44 bits per heavy atom. The minimum atomic E-state index is -3.06. The van der Waals surface area contributed by atoms with E-state index in [1.165, 1.54) is 0 Å². The quantitative estimate of drug-likeness (QED) is 0.642. The van der Waals surface area contributed by atoms with Crippen molar-refractivity contribution in [3.05, 3.63) is 29.3 Å². The Morgan fingerprint density at radius 2 is 2.19 bits per heavy atom. The molecule has 0 aliphatic rings. The Labute approximate surface area is 106 Å². The predicted octanol–water partition coefficient (Wildman–Crippen LogP) is 2.37. The van der Waals surface area contributed by atoms with Gasteiger partial charge >= 0.3 is 0 Å². The normalized spacial score (nSPS) is 11.6. The van der Waals surface area contributed by atoms with Gasteiger partial charge < -0.3 is 0 Å². The van der Waals surface area contributed by atoms with Gasteiger partial charge in [0.05, 0.1) is 6.26 Å². The molecule has 1 aromatic carbocycles. The summed E-state index contributed by atoms with van der Waals surface area (Å²) in [6.45, 7) is 0.479. The van der Waals surface area contributed by atoms with Gasteiger partial charge in [0.25, 0.3) is 0 Å². The van der Waals surface area contributed by atoms with Crippen LogP contribution in [0, 0.1) is 0 Å². The number of thioether (sulfide) groups is 1. The summed E-state index contributed by atoms with van der Waals surface area (Å²) in [5.41, 5.74) is 0. The van der Waals surface area contributed by atoms with Gasteiger partial charge in [-0.05, 0) is 30.4 Å². The maximum absolute atomic E-state index is 10.8. The number of nitrogens with one attached hydrogen (secondary N) is 1. The highest BCUT2D eigenvalue weighted by atomic mass is 35.5.